The highest BCUT2D eigenvalue weighted by Gasteiger charge is 2.15. The second-order valence-electron chi connectivity index (χ2n) is 5.61. The van der Waals surface area contributed by atoms with Crippen molar-refractivity contribution in [3.05, 3.63) is 44.1 Å². The van der Waals surface area contributed by atoms with Crippen molar-refractivity contribution in [2.24, 2.45) is 7.05 Å². The maximum atomic E-state index is 12.3. The van der Waals surface area contributed by atoms with E-state index in [0.29, 0.717) is 17.0 Å². The summed E-state index contributed by atoms with van der Waals surface area (Å²) in [4.78, 5) is 22.9. The molecule has 0 saturated heterocycles. The molecule has 4 heterocycles. The summed E-state index contributed by atoms with van der Waals surface area (Å²) in [5.74, 6) is 2.04. The maximum absolute atomic E-state index is 12.3. The summed E-state index contributed by atoms with van der Waals surface area (Å²) in [6.07, 6.45) is 0. The fourth-order valence-corrected chi connectivity index (χ4v) is 5.14. The lowest BCUT2D eigenvalue weighted by molar-refractivity contribution is 0.793. The van der Waals surface area contributed by atoms with Crippen LogP contribution in [0.5, 0.6) is 0 Å². The molecule has 0 fully saturated rings. The van der Waals surface area contributed by atoms with Crippen molar-refractivity contribution in [2.75, 3.05) is 0 Å². The summed E-state index contributed by atoms with van der Waals surface area (Å²) in [5, 5.41) is 12.0. The zero-order chi connectivity index (χ0) is 17.6. The molecule has 4 aromatic rings. The minimum Gasteiger partial charge on any atom is -0.309 e. The van der Waals surface area contributed by atoms with Gasteiger partial charge in [-0.2, -0.15) is 0 Å². The largest absolute Gasteiger partial charge is 0.309 e. The average molecular weight is 390 g/mol. The number of H-pyrrole nitrogens is 1. The molecule has 4 rings (SSSR count). The fraction of sp³-hybridized carbons (Fsp3) is 0.250. The molecule has 4 aromatic heterocycles. The molecule has 0 bridgehead atoms. The number of thioether (sulfide) groups is 1. The van der Waals surface area contributed by atoms with E-state index in [0.717, 1.165) is 31.1 Å². The van der Waals surface area contributed by atoms with Crippen LogP contribution >= 0.6 is 34.4 Å². The molecule has 0 aliphatic rings. The number of rotatable bonds is 4. The van der Waals surface area contributed by atoms with Crippen LogP contribution in [0, 0.1) is 13.8 Å². The lowest BCUT2D eigenvalue weighted by Crippen LogP contribution is -2.11. The number of aromatic amines is 1. The normalized spacial score (nSPS) is 11.5. The van der Waals surface area contributed by atoms with E-state index in [1.54, 1.807) is 22.7 Å². The van der Waals surface area contributed by atoms with Gasteiger partial charge in [-0.1, -0.05) is 17.8 Å². The van der Waals surface area contributed by atoms with Crippen LogP contribution in [0.1, 0.15) is 16.3 Å². The second kappa shape index (κ2) is 6.40. The number of aromatic nitrogens is 5. The van der Waals surface area contributed by atoms with Crippen LogP contribution in [0.15, 0.2) is 27.5 Å². The van der Waals surface area contributed by atoms with Crippen molar-refractivity contribution in [2.45, 2.75) is 24.8 Å². The van der Waals surface area contributed by atoms with Crippen molar-refractivity contribution in [3.63, 3.8) is 0 Å². The first-order chi connectivity index (χ1) is 12.0. The summed E-state index contributed by atoms with van der Waals surface area (Å²) in [6.45, 7) is 3.98. The van der Waals surface area contributed by atoms with Gasteiger partial charge in [-0.3, -0.25) is 4.79 Å². The molecule has 9 heteroatoms. The molecule has 0 aromatic carbocycles. The molecule has 128 valence electrons. The summed E-state index contributed by atoms with van der Waals surface area (Å²) in [6, 6.07) is 4.02. The first-order valence-corrected chi connectivity index (χ1v) is 10.3. The van der Waals surface area contributed by atoms with Crippen molar-refractivity contribution in [1.29, 1.82) is 0 Å². The lowest BCUT2D eigenvalue weighted by atomic mass is 10.2. The van der Waals surface area contributed by atoms with E-state index in [1.165, 1.54) is 11.8 Å². The third-order valence-electron chi connectivity index (χ3n) is 4.00. The third kappa shape index (κ3) is 2.92. The maximum Gasteiger partial charge on any atom is 0.259 e. The van der Waals surface area contributed by atoms with E-state index in [4.69, 9.17) is 0 Å². The molecule has 6 nitrogen and oxygen atoms in total. The highest BCUT2D eigenvalue weighted by atomic mass is 32.2. The predicted octanol–water partition coefficient (Wildman–Crippen LogP) is 3.75. The fourth-order valence-electron chi connectivity index (χ4n) is 2.56. The van der Waals surface area contributed by atoms with Gasteiger partial charge >= 0.3 is 0 Å². The minimum atomic E-state index is -0.0697. The molecule has 0 unspecified atom stereocenters. The standard InChI is InChI=1S/C16H15N5OS3/c1-8-9(2)25-15-12(8)14(22)17-11(18-15)7-24-16-20-19-13(21(16)3)10-5-4-6-23-10/h4-6H,7H2,1-3H3,(H,17,18,22). The highest BCUT2D eigenvalue weighted by molar-refractivity contribution is 7.98. The van der Waals surface area contributed by atoms with Crippen LogP contribution in [0.25, 0.3) is 20.9 Å². The lowest BCUT2D eigenvalue weighted by Gasteiger charge is -2.03. The van der Waals surface area contributed by atoms with Crippen molar-refractivity contribution in [1.82, 2.24) is 24.7 Å². The molecule has 0 amide bonds. The van der Waals surface area contributed by atoms with E-state index in [9.17, 15) is 4.79 Å². The topological polar surface area (TPSA) is 76.5 Å². The summed E-state index contributed by atoms with van der Waals surface area (Å²) < 4.78 is 1.96. The number of fused-ring (bicyclic) bond motifs is 1. The SMILES string of the molecule is Cc1sc2nc(CSc3nnc(-c4cccs4)n3C)[nH]c(=O)c2c1C. The van der Waals surface area contributed by atoms with Gasteiger partial charge in [0.05, 0.1) is 16.0 Å². The Morgan fingerprint density at radius 3 is 2.92 bits per heavy atom. The van der Waals surface area contributed by atoms with Gasteiger partial charge in [0.15, 0.2) is 11.0 Å². The van der Waals surface area contributed by atoms with Crippen LogP contribution in [-0.4, -0.2) is 24.7 Å². The molecule has 0 saturated carbocycles. The third-order valence-corrected chi connectivity index (χ3v) is 7.00. The zero-order valence-corrected chi connectivity index (χ0v) is 16.3. The number of hydrogen-bond donors (Lipinski definition) is 1. The minimum absolute atomic E-state index is 0.0697. The Bertz CT molecular complexity index is 1110. The van der Waals surface area contributed by atoms with Crippen LogP contribution in [0.2, 0.25) is 0 Å². The molecular formula is C16H15N5OS3. The molecule has 0 radical (unpaired) electrons. The Balaban J connectivity index is 1.60. The van der Waals surface area contributed by atoms with E-state index in [2.05, 4.69) is 20.2 Å². The van der Waals surface area contributed by atoms with Crippen molar-refractivity contribution >= 4 is 44.7 Å². The average Bonchev–Trinajstić information content (AvgIpc) is 3.27. The van der Waals surface area contributed by atoms with Gasteiger partial charge in [-0.25, -0.2) is 4.98 Å². The summed E-state index contributed by atoms with van der Waals surface area (Å²) >= 11 is 4.71. The molecule has 0 aliphatic heterocycles. The Morgan fingerprint density at radius 1 is 1.32 bits per heavy atom. The van der Waals surface area contributed by atoms with Crippen LogP contribution in [-0.2, 0) is 12.8 Å². The molecule has 0 atom stereocenters. The van der Waals surface area contributed by atoms with Gasteiger partial charge in [0.2, 0.25) is 0 Å². The molecule has 1 N–H and O–H groups in total. The molecule has 25 heavy (non-hydrogen) atoms. The van der Waals surface area contributed by atoms with Crippen molar-refractivity contribution < 1.29 is 0 Å². The van der Waals surface area contributed by atoms with E-state index in [1.807, 2.05) is 43.0 Å². The summed E-state index contributed by atoms with van der Waals surface area (Å²) in [5.41, 5.74) is 0.946. The quantitative estimate of drug-likeness (QED) is 0.538. The number of aryl methyl sites for hydroxylation is 2. The summed E-state index contributed by atoms with van der Waals surface area (Å²) in [7, 11) is 1.95. The van der Waals surface area contributed by atoms with Gasteiger partial charge in [0, 0.05) is 11.9 Å². The Labute approximate surface area is 156 Å². The number of thiophene rings is 2. The Kier molecular flexibility index (Phi) is 4.22. The van der Waals surface area contributed by atoms with Gasteiger partial charge in [-0.15, -0.1) is 32.9 Å². The van der Waals surface area contributed by atoms with Gasteiger partial charge in [0.25, 0.3) is 5.56 Å². The Morgan fingerprint density at radius 2 is 2.16 bits per heavy atom. The van der Waals surface area contributed by atoms with E-state index >= 15 is 0 Å². The van der Waals surface area contributed by atoms with Crippen LogP contribution in [0.4, 0.5) is 0 Å². The molecule has 0 spiro atoms. The molecular weight excluding hydrogens is 374 g/mol. The second-order valence-corrected chi connectivity index (χ2v) is 8.70. The van der Waals surface area contributed by atoms with Crippen LogP contribution < -0.4 is 5.56 Å². The van der Waals surface area contributed by atoms with Gasteiger partial charge < -0.3 is 9.55 Å². The van der Waals surface area contributed by atoms with Crippen molar-refractivity contribution in [3.8, 4) is 10.7 Å². The highest BCUT2D eigenvalue weighted by Crippen LogP contribution is 2.29. The number of hydrogen-bond acceptors (Lipinski definition) is 7. The predicted molar refractivity (Wildman–Crippen MR) is 104 cm³/mol. The number of nitrogens with one attached hydrogen (secondary N) is 1. The zero-order valence-electron chi connectivity index (χ0n) is 13.9. The monoisotopic (exact) mass is 389 g/mol. The van der Waals surface area contributed by atoms with Gasteiger partial charge in [-0.05, 0) is 30.9 Å². The smallest absolute Gasteiger partial charge is 0.259 e. The first-order valence-electron chi connectivity index (χ1n) is 7.59. The first kappa shape index (κ1) is 16.5. The Hall–Kier alpha value is -1.97. The van der Waals surface area contributed by atoms with Crippen LogP contribution in [0.3, 0.4) is 0 Å². The molecule has 0 aliphatic carbocycles. The van der Waals surface area contributed by atoms with E-state index < -0.39 is 0 Å². The van der Waals surface area contributed by atoms with E-state index in [-0.39, 0.29) is 5.56 Å². The van der Waals surface area contributed by atoms with Gasteiger partial charge in [0.1, 0.15) is 10.7 Å². The number of nitrogens with zero attached hydrogens (tertiary/aromatic N) is 4.